The number of rotatable bonds is 4. The highest BCUT2D eigenvalue weighted by molar-refractivity contribution is 8.20. The van der Waals surface area contributed by atoms with E-state index in [0.29, 0.717) is 19.4 Å². The number of carbonyl (C=O) groups excluding carboxylic acids is 1. The highest BCUT2D eigenvalue weighted by Crippen LogP contribution is 2.50. The van der Waals surface area contributed by atoms with Crippen molar-refractivity contribution in [3.63, 3.8) is 0 Å². The van der Waals surface area contributed by atoms with Crippen molar-refractivity contribution in [1.29, 1.82) is 0 Å². The first-order chi connectivity index (χ1) is 8.65. The molecule has 0 aromatic rings. The number of hydrogen-bond donors (Lipinski definition) is 1. The molecule has 0 bridgehead atoms. The smallest absolute Gasteiger partial charge is 0.309 e. The Morgan fingerprint density at radius 2 is 1.83 bits per heavy atom. The molecule has 0 unspecified atom stereocenters. The topological polar surface area (TPSA) is 63.6 Å². The van der Waals surface area contributed by atoms with E-state index >= 15 is 0 Å². The van der Waals surface area contributed by atoms with E-state index in [4.69, 9.17) is 4.74 Å². The van der Waals surface area contributed by atoms with Gasteiger partial charge in [0.1, 0.15) is 0 Å². The second kappa shape index (κ2) is 6.19. The molecule has 0 aromatic carbocycles. The summed E-state index contributed by atoms with van der Waals surface area (Å²) in [5, 5.41) is 9.30. The fraction of sp³-hybridized carbons (Fsp3) is 0.833. The number of thioether (sulfide) groups is 2. The third-order valence-electron chi connectivity index (χ3n) is 3.59. The molecular weight excluding hydrogens is 272 g/mol. The van der Waals surface area contributed by atoms with Crippen LogP contribution in [-0.4, -0.2) is 39.7 Å². The van der Waals surface area contributed by atoms with Gasteiger partial charge in [-0.1, -0.05) is 0 Å². The maximum absolute atomic E-state index is 11.9. The molecule has 102 valence electrons. The van der Waals surface area contributed by atoms with Gasteiger partial charge in [0.05, 0.1) is 23.0 Å². The molecule has 18 heavy (non-hydrogen) atoms. The van der Waals surface area contributed by atoms with E-state index in [9.17, 15) is 14.7 Å². The first-order valence-corrected chi connectivity index (χ1v) is 8.37. The molecule has 3 atom stereocenters. The Morgan fingerprint density at radius 3 is 2.39 bits per heavy atom. The van der Waals surface area contributed by atoms with Gasteiger partial charge in [0, 0.05) is 17.4 Å². The van der Waals surface area contributed by atoms with Crippen molar-refractivity contribution < 1.29 is 19.4 Å². The summed E-state index contributed by atoms with van der Waals surface area (Å²) in [5.41, 5.74) is 0. The largest absolute Gasteiger partial charge is 0.481 e. The van der Waals surface area contributed by atoms with Crippen molar-refractivity contribution in [2.24, 2.45) is 17.8 Å². The average Bonchev–Trinajstić information content (AvgIpc) is 2.97. The molecule has 1 saturated heterocycles. The fourth-order valence-electron chi connectivity index (χ4n) is 2.82. The predicted octanol–water partition coefficient (Wildman–Crippen LogP) is 2.08. The zero-order chi connectivity index (χ0) is 13.1. The molecule has 2 fully saturated rings. The molecule has 1 aliphatic heterocycles. The maximum Gasteiger partial charge on any atom is 0.309 e. The van der Waals surface area contributed by atoms with E-state index in [-0.39, 0.29) is 28.3 Å². The van der Waals surface area contributed by atoms with Crippen LogP contribution in [0.1, 0.15) is 19.8 Å². The maximum atomic E-state index is 11.9. The highest BCUT2D eigenvalue weighted by Gasteiger charge is 2.49. The van der Waals surface area contributed by atoms with Crippen molar-refractivity contribution in [2.45, 2.75) is 24.3 Å². The molecule has 0 aromatic heterocycles. The normalized spacial score (nSPS) is 32.6. The molecule has 0 amide bonds. The molecule has 1 aliphatic carbocycles. The highest BCUT2D eigenvalue weighted by atomic mass is 32.2. The molecule has 2 aliphatic rings. The van der Waals surface area contributed by atoms with Crippen LogP contribution in [0.25, 0.3) is 0 Å². The van der Waals surface area contributed by atoms with Gasteiger partial charge in [0.15, 0.2) is 0 Å². The molecule has 2 rings (SSSR count). The lowest BCUT2D eigenvalue weighted by Gasteiger charge is -2.26. The van der Waals surface area contributed by atoms with Gasteiger partial charge >= 0.3 is 11.9 Å². The first kappa shape index (κ1) is 14.1. The number of carboxylic acids is 1. The Bertz CT molecular complexity index is 328. The monoisotopic (exact) mass is 290 g/mol. The lowest BCUT2D eigenvalue weighted by molar-refractivity contribution is -0.150. The van der Waals surface area contributed by atoms with Crippen LogP contribution < -0.4 is 0 Å². The Hall–Kier alpha value is -0.360. The van der Waals surface area contributed by atoms with Crippen molar-refractivity contribution in [3.05, 3.63) is 0 Å². The van der Waals surface area contributed by atoms with Gasteiger partial charge in [-0.15, -0.1) is 23.5 Å². The van der Waals surface area contributed by atoms with Crippen LogP contribution in [0.2, 0.25) is 0 Å². The number of esters is 1. The van der Waals surface area contributed by atoms with E-state index in [1.807, 2.05) is 0 Å². The number of hydrogen-bond acceptors (Lipinski definition) is 5. The van der Waals surface area contributed by atoms with Crippen molar-refractivity contribution in [2.75, 3.05) is 18.1 Å². The summed E-state index contributed by atoms with van der Waals surface area (Å²) in [6, 6.07) is 0. The lowest BCUT2D eigenvalue weighted by Crippen LogP contribution is -2.33. The summed E-state index contributed by atoms with van der Waals surface area (Å²) < 4.78 is 5.33. The van der Waals surface area contributed by atoms with E-state index in [2.05, 4.69) is 0 Å². The summed E-state index contributed by atoms with van der Waals surface area (Å²) in [4.78, 5) is 23.3. The molecule has 1 saturated carbocycles. The van der Waals surface area contributed by atoms with Crippen molar-refractivity contribution in [3.8, 4) is 0 Å². The van der Waals surface area contributed by atoms with Crippen molar-refractivity contribution in [1.82, 2.24) is 0 Å². The van der Waals surface area contributed by atoms with E-state index in [1.165, 1.54) is 0 Å². The molecular formula is C12H18O4S2. The van der Waals surface area contributed by atoms with E-state index in [0.717, 1.165) is 11.5 Å². The number of carbonyl (C=O) groups is 2. The standard InChI is InChI=1S/C12H18O4S2/c1-2-16-11(15)8-4-3-7(10(13)14)9(8)12-17-5-6-18-12/h7-9,12H,2-6H2,1H3,(H,13,14)/t7-,8+,9-/m1/s1. The third-order valence-corrected chi connectivity index (χ3v) is 6.83. The molecule has 0 spiro atoms. The summed E-state index contributed by atoms with van der Waals surface area (Å²) in [6.45, 7) is 2.15. The second-order valence-electron chi connectivity index (χ2n) is 4.57. The first-order valence-electron chi connectivity index (χ1n) is 6.27. The van der Waals surface area contributed by atoms with Crippen LogP contribution in [-0.2, 0) is 14.3 Å². The molecule has 1 N–H and O–H groups in total. The van der Waals surface area contributed by atoms with Gasteiger partial charge in [-0.3, -0.25) is 9.59 Å². The Balaban J connectivity index is 2.13. The van der Waals surface area contributed by atoms with Crippen LogP contribution in [0.3, 0.4) is 0 Å². The number of aliphatic carboxylic acids is 1. The number of ether oxygens (including phenoxy) is 1. The van der Waals surface area contributed by atoms with Crippen LogP contribution in [0.5, 0.6) is 0 Å². The molecule has 1 heterocycles. The minimum absolute atomic E-state index is 0.0703. The van der Waals surface area contributed by atoms with Gasteiger partial charge in [-0.2, -0.15) is 0 Å². The zero-order valence-corrected chi connectivity index (χ0v) is 12.0. The Kier molecular flexibility index (Phi) is 4.84. The predicted molar refractivity (Wildman–Crippen MR) is 72.7 cm³/mol. The lowest BCUT2D eigenvalue weighted by atomic mass is 9.91. The summed E-state index contributed by atoms with van der Waals surface area (Å²) in [5.74, 6) is 0.441. The molecule has 4 nitrogen and oxygen atoms in total. The SMILES string of the molecule is CCOC(=O)[C@H]1CC[C@@H](C(=O)O)[C@H]1C1SCCS1. The third kappa shape index (κ3) is 2.79. The Labute approximate surface area is 115 Å². The van der Waals surface area contributed by atoms with Gasteiger partial charge in [-0.25, -0.2) is 0 Å². The summed E-state index contributed by atoms with van der Waals surface area (Å²) in [6.07, 6.45) is 1.25. The van der Waals surface area contributed by atoms with Crippen LogP contribution >= 0.6 is 23.5 Å². The zero-order valence-electron chi connectivity index (χ0n) is 10.3. The summed E-state index contributed by atoms with van der Waals surface area (Å²) in [7, 11) is 0. The summed E-state index contributed by atoms with van der Waals surface area (Å²) >= 11 is 3.58. The van der Waals surface area contributed by atoms with Gasteiger partial charge in [-0.05, 0) is 19.8 Å². The fourth-order valence-corrected chi connectivity index (χ4v) is 6.21. The van der Waals surface area contributed by atoms with Gasteiger partial charge in [0.25, 0.3) is 0 Å². The van der Waals surface area contributed by atoms with Crippen LogP contribution in [0.4, 0.5) is 0 Å². The van der Waals surface area contributed by atoms with Crippen LogP contribution in [0.15, 0.2) is 0 Å². The Morgan fingerprint density at radius 1 is 1.22 bits per heavy atom. The van der Waals surface area contributed by atoms with E-state index < -0.39 is 5.97 Å². The van der Waals surface area contributed by atoms with E-state index in [1.54, 1.807) is 30.4 Å². The minimum Gasteiger partial charge on any atom is -0.481 e. The number of carboxylic acid groups (broad SMARTS) is 1. The molecule has 0 radical (unpaired) electrons. The van der Waals surface area contributed by atoms with Crippen molar-refractivity contribution >= 4 is 35.5 Å². The van der Waals surface area contributed by atoms with Gasteiger partial charge < -0.3 is 9.84 Å². The average molecular weight is 290 g/mol. The molecule has 6 heteroatoms. The van der Waals surface area contributed by atoms with Crippen LogP contribution in [0, 0.1) is 17.8 Å². The second-order valence-corrected chi connectivity index (χ2v) is 7.37. The quantitative estimate of drug-likeness (QED) is 0.800. The van der Waals surface area contributed by atoms with Gasteiger partial charge in [0.2, 0.25) is 0 Å². The minimum atomic E-state index is -0.764.